The topological polar surface area (TPSA) is 59.7 Å². The molecule has 3 atom stereocenters. The van der Waals surface area contributed by atoms with Crippen LogP contribution < -0.4 is 0 Å². The van der Waals surface area contributed by atoms with E-state index in [9.17, 15) is 4.79 Å². The first-order valence-electron chi connectivity index (χ1n) is 7.70. The quantitative estimate of drug-likeness (QED) is 0.910. The summed E-state index contributed by atoms with van der Waals surface area (Å²) >= 11 is 0. The maximum atomic E-state index is 11.0. The molecule has 3 unspecified atom stereocenters. The highest BCUT2D eigenvalue weighted by Crippen LogP contribution is 2.66. The lowest BCUT2D eigenvalue weighted by atomic mass is 9.70. The van der Waals surface area contributed by atoms with Gasteiger partial charge in [0, 0.05) is 0 Å². The van der Waals surface area contributed by atoms with Gasteiger partial charge >= 0.3 is 5.97 Å². The Hall–Kier alpha value is -1.29. The van der Waals surface area contributed by atoms with Crippen molar-refractivity contribution in [3.05, 3.63) is 23.2 Å². The summed E-state index contributed by atoms with van der Waals surface area (Å²) in [5.74, 6) is 0.839. The number of hydrogen-bond donors (Lipinski definition) is 1. The highest BCUT2D eigenvalue weighted by molar-refractivity contribution is 5.88. The lowest BCUT2D eigenvalue weighted by Gasteiger charge is -2.38. The van der Waals surface area contributed by atoms with E-state index >= 15 is 0 Å². The molecule has 2 aliphatic rings. The standard InChI is InChI=1S/C17H24O4/c1-10-13(15(18)19)8-12(21-10)9-20-14-7-11-5-6-17(14,4)16(11,2)3/h8,11,14H,5-7,9H2,1-4H3,(H,18,19). The fourth-order valence-electron chi connectivity index (χ4n) is 4.39. The van der Waals surface area contributed by atoms with Gasteiger partial charge in [-0.1, -0.05) is 20.8 Å². The van der Waals surface area contributed by atoms with Gasteiger partial charge in [-0.15, -0.1) is 0 Å². The Morgan fingerprint density at radius 1 is 1.48 bits per heavy atom. The van der Waals surface area contributed by atoms with Gasteiger partial charge in [-0.2, -0.15) is 0 Å². The van der Waals surface area contributed by atoms with E-state index in [1.807, 2.05) is 0 Å². The van der Waals surface area contributed by atoms with Crippen LogP contribution in [0.5, 0.6) is 0 Å². The fraction of sp³-hybridized carbons (Fsp3) is 0.706. The number of carboxylic acids is 1. The zero-order valence-corrected chi connectivity index (χ0v) is 13.2. The van der Waals surface area contributed by atoms with Gasteiger partial charge in [-0.25, -0.2) is 4.79 Å². The number of carboxylic acid groups (broad SMARTS) is 1. The Bertz CT molecular complexity index is 571. The third-order valence-electron chi connectivity index (χ3n) is 6.34. The summed E-state index contributed by atoms with van der Waals surface area (Å²) in [7, 11) is 0. The molecule has 0 radical (unpaired) electrons. The molecule has 2 fully saturated rings. The zero-order chi connectivity index (χ0) is 15.4. The van der Waals surface area contributed by atoms with Crippen molar-refractivity contribution in [2.75, 3.05) is 0 Å². The molecule has 0 aromatic carbocycles. The molecule has 1 N–H and O–H groups in total. The number of aromatic carboxylic acids is 1. The van der Waals surface area contributed by atoms with E-state index in [1.54, 1.807) is 13.0 Å². The van der Waals surface area contributed by atoms with Crippen LogP contribution in [0.3, 0.4) is 0 Å². The molecule has 0 amide bonds. The Morgan fingerprint density at radius 3 is 2.67 bits per heavy atom. The van der Waals surface area contributed by atoms with Gasteiger partial charge in [0.1, 0.15) is 23.7 Å². The van der Waals surface area contributed by atoms with Gasteiger partial charge in [0.2, 0.25) is 0 Å². The van der Waals surface area contributed by atoms with Gasteiger partial charge in [-0.05, 0) is 49.0 Å². The van der Waals surface area contributed by atoms with Crippen LogP contribution in [0, 0.1) is 23.7 Å². The first kappa shape index (κ1) is 14.6. The Kier molecular flexibility index (Phi) is 3.21. The molecule has 21 heavy (non-hydrogen) atoms. The van der Waals surface area contributed by atoms with Crippen molar-refractivity contribution in [1.29, 1.82) is 0 Å². The van der Waals surface area contributed by atoms with E-state index in [-0.39, 0.29) is 17.1 Å². The minimum Gasteiger partial charge on any atom is -0.478 e. The Morgan fingerprint density at radius 2 is 2.19 bits per heavy atom. The largest absolute Gasteiger partial charge is 0.478 e. The highest BCUT2D eigenvalue weighted by atomic mass is 16.5. The maximum absolute atomic E-state index is 11.0. The Labute approximate surface area is 125 Å². The third-order valence-corrected chi connectivity index (χ3v) is 6.34. The number of rotatable bonds is 4. The second kappa shape index (κ2) is 4.60. The first-order chi connectivity index (χ1) is 9.75. The van der Waals surface area contributed by atoms with Gasteiger partial charge < -0.3 is 14.3 Å². The summed E-state index contributed by atoms with van der Waals surface area (Å²) in [6.45, 7) is 9.08. The van der Waals surface area contributed by atoms with Crippen molar-refractivity contribution in [2.45, 2.75) is 59.7 Å². The maximum Gasteiger partial charge on any atom is 0.339 e. The van der Waals surface area contributed by atoms with E-state index in [0.717, 1.165) is 12.3 Å². The van der Waals surface area contributed by atoms with Crippen molar-refractivity contribution in [3.8, 4) is 0 Å². The van der Waals surface area contributed by atoms with Gasteiger partial charge in [-0.3, -0.25) is 0 Å². The van der Waals surface area contributed by atoms with Crippen LogP contribution in [0.25, 0.3) is 0 Å². The molecular weight excluding hydrogens is 268 g/mol. The number of ether oxygens (including phenoxy) is 1. The van der Waals surface area contributed by atoms with Crippen molar-refractivity contribution in [1.82, 2.24) is 0 Å². The molecule has 0 aliphatic heterocycles. The predicted octanol–water partition coefficient (Wildman–Crippen LogP) is 4.02. The summed E-state index contributed by atoms with van der Waals surface area (Å²) in [6.07, 6.45) is 3.86. The number of carbonyl (C=O) groups is 1. The zero-order valence-electron chi connectivity index (χ0n) is 13.2. The van der Waals surface area contributed by atoms with Crippen LogP contribution in [0.2, 0.25) is 0 Å². The van der Waals surface area contributed by atoms with E-state index in [2.05, 4.69) is 20.8 Å². The van der Waals surface area contributed by atoms with E-state index in [0.29, 0.717) is 23.5 Å². The van der Waals surface area contributed by atoms with E-state index in [1.165, 1.54) is 12.8 Å². The molecule has 1 aromatic rings. The molecule has 3 rings (SSSR count). The lowest BCUT2D eigenvalue weighted by molar-refractivity contribution is -0.0598. The molecule has 4 nitrogen and oxygen atoms in total. The van der Waals surface area contributed by atoms with Crippen molar-refractivity contribution < 1.29 is 19.1 Å². The van der Waals surface area contributed by atoms with E-state index in [4.69, 9.17) is 14.3 Å². The van der Waals surface area contributed by atoms with Crippen molar-refractivity contribution in [2.24, 2.45) is 16.7 Å². The van der Waals surface area contributed by atoms with Crippen molar-refractivity contribution in [3.63, 3.8) is 0 Å². The summed E-state index contributed by atoms with van der Waals surface area (Å²) in [6, 6.07) is 1.58. The van der Waals surface area contributed by atoms with Crippen LogP contribution >= 0.6 is 0 Å². The third kappa shape index (κ3) is 2.03. The van der Waals surface area contributed by atoms with Crippen LogP contribution in [0.1, 0.15) is 61.9 Å². The normalized spacial score (nSPS) is 33.5. The number of furan rings is 1. The molecule has 1 heterocycles. The summed E-state index contributed by atoms with van der Waals surface area (Å²) < 4.78 is 11.6. The minimum absolute atomic E-state index is 0.217. The van der Waals surface area contributed by atoms with Crippen LogP contribution in [0.4, 0.5) is 0 Å². The predicted molar refractivity (Wildman–Crippen MR) is 78.2 cm³/mol. The second-order valence-electron chi connectivity index (χ2n) is 7.40. The average Bonchev–Trinajstić information content (AvgIpc) is 2.93. The van der Waals surface area contributed by atoms with Gasteiger partial charge in [0.05, 0.1) is 6.10 Å². The number of hydrogen-bond acceptors (Lipinski definition) is 3. The number of aryl methyl sites for hydroxylation is 1. The molecule has 116 valence electrons. The van der Waals surface area contributed by atoms with E-state index < -0.39 is 5.97 Å². The molecule has 0 spiro atoms. The molecule has 2 bridgehead atoms. The summed E-state index contributed by atoms with van der Waals surface area (Å²) in [5.41, 5.74) is 0.769. The lowest BCUT2D eigenvalue weighted by Crippen LogP contribution is -2.37. The van der Waals surface area contributed by atoms with Crippen LogP contribution in [-0.2, 0) is 11.3 Å². The van der Waals surface area contributed by atoms with Crippen LogP contribution in [-0.4, -0.2) is 17.2 Å². The summed E-state index contributed by atoms with van der Waals surface area (Å²) in [5, 5.41) is 9.05. The average molecular weight is 292 g/mol. The molecule has 4 heteroatoms. The molecule has 0 saturated heterocycles. The van der Waals surface area contributed by atoms with Gasteiger partial charge in [0.15, 0.2) is 0 Å². The monoisotopic (exact) mass is 292 g/mol. The van der Waals surface area contributed by atoms with Crippen LogP contribution in [0.15, 0.2) is 10.5 Å². The molecule has 2 aliphatic carbocycles. The molecule has 2 saturated carbocycles. The fourth-order valence-corrected chi connectivity index (χ4v) is 4.39. The smallest absolute Gasteiger partial charge is 0.339 e. The van der Waals surface area contributed by atoms with Crippen molar-refractivity contribution >= 4 is 5.97 Å². The molecular formula is C17H24O4. The second-order valence-corrected chi connectivity index (χ2v) is 7.40. The minimum atomic E-state index is -0.949. The first-order valence-corrected chi connectivity index (χ1v) is 7.70. The van der Waals surface area contributed by atoms with Gasteiger partial charge in [0.25, 0.3) is 0 Å². The molecule has 1 aromatic heterocycles. The highest BCUT2D eigenvalue weighted by Gasteiger charge is 2.61. The summed E-state index contributed by atoms with van der Waals surface area (Å²) in [4.78, 5) is 11.0. The number of fused-ring (bicyclic) bond motifs is 2. The Balaban J connectivity index is 1.70. The SMILES string of the molecule is Cc1oc(COC2CC3CCC2(C)C3(C)C)cc1C(=O)O.